The minimum Gasteiger partial charge on any atom is -0.462 e. The molecule has 0 aliphatic carbocycles. The summed E-state index contributed by atoms with van der Waals surface area (Å²) < 4.78 is 4.97. The van der Waals surface area contributed by atoms with Crippen LogP contribution < -0.4 is 10.9 Å². The number of aromatic nitrogens is 3. The van der Waals surface area contributed by atoms with Crippen LogP contribution in [0.3, 0.4) is 0 Å². The Morgan fingerprint density at radius 1 is 1.15 bits per heavy atom. The van der Waals surface area contributed by atoms with E-state index in [0.29, 0.717) is 42.2 Å². The molecule has 1 amide bonds. The van der Waals surface area contributed by atoms with Crippen molar-refractivity contribution < 1.29 is 14.3 Å². The average molecular weight is 392 g/mol. The highest BCUT2D eigenvalue weighted by atomic mass is 32.1. The number of fused-ring (bicyclic) bond motifs is 1. The van der Waals surface area contributed by atoms with Crippen LogP contribution in [0.25, 0.3) is 10.2 Å². The fourth-order valence-electron chi connectivity index (χ4n) is 2.46. The minimum absolute atomic E-state index is 0.264. The summed E-state index contributed by atoms with van der Waals surface area (Å²) in [4.78, 5) is 49.0. The van der Waals surface area contributed by atoms with Crippen LogP contribution in [0.1, 0.15) is 43.3 Å². The number of aryl methyl sites for hydroxylation is 3. The van der Waals surface area contributed by atoms with Crippen LogP contribution in [-0.4, -0.2) is 33.4 Å². The number of esters is 1. The van der Waals surface area contributed by atoms with Crippen molar-refractivity contribution >= 4 is 49.9 Å². The number of H-pyrrole nitrogens is 1. The van der Waals surface area contributed by atoms with Gasteiger partial charge in [-0.1, -0.05) is 11.3 Å². The van der Waals surface area contributed by atoms with Gasteiger partial charge in [0, 0.05) is 0 Å². The molecule has 0 spiro atoms. The molecule has 0 bridgehead atoms. The maximum Gasteiger partial charge on any atom is 0.350 e. The Balaban J connectivity index is 1.92. The van der Waals surface area contributed by atoms with Crippen molar-refractivity contribution in [2.24, 2.45) is 0 Å². The third-order valence-corrected chi connectivity index (χ3v) is 5.84. The summed E-state index contributed by atoms with van der Waals surface area (Å²) in [7, 11) is 0. The summed E-state index contributed by atoms with van der Waals surface area (Å²) in [6, 6.07) is 0. The SMILES string of the molecule is CCOC(=O)c1sc(NC(=O)c2sc3nc(C)[nH]c(=O)c3c2C)nc1C. The van der Waals surface area contributed by atoms with Gasteiger partial charge in [-0.2, -0.15) is 0 Å². The van der Waals surface area contributed by atoms with Gasteiger partial charge in [0.05, 0.1) is 22.6 Å². The van der Waals surface area contributed by atoms with E-state index in [0.717, 1.165) is 22.7 Å². The molecule has 0 atom stereocenters. The van der Waals surface area contributed by atoms with Crippen LogP contribution in [0.2, 0.25) is 0 Å². The van der Waals surface area contributed by atoms with E-state index in [-0.39, 0.29) is 12.2 Å². The molecule has 0 unspecified atom stereocenters. The number of amides is 1. The number of thiazole rings is 1. The number of thiophene rings is 1. The first kappa shape index (κ1) is 18.2. The quantitative estimate of drug-likeness (QED) is 0.660. The van der Waals surface area contributed by atoms with Crippen molar-refractivity contribution in [3.05, 3.63) is 37.2 Å². The van der Waals surface area contributed by atoms with E-state index in [1.807, 2.05) is 0 Å². The lowest BCUT2D eigenvalue weighted by atomic mass is 10.2. The summed E-state index contributed by atoms with van der Waals surface area (Å²) in [5, 5.41) is 3.39. The lowest BCUT2D eigenvalue weighted by Gasteiger charge is -2.00. The van der Waals surface area contributed by atoms with Crippen molar-refractivity contribution in [2.75, 3.05) is 11.9 Å². The van der Waals surface area contributed by atoms with E-state index in [1.54, 1.807) is 27.7 Å². The Kier molecular flexibility index (Phi) is 4.88. The van der Waals surface area contributed by atoms with E-state index >= 15 is 0 Å². The average Bonchev–Trinajstić information content (AvgIpc) is 3.07. The van der Waals surface area contributed by atoms with Crippen LogP contribution >= 0.6 is 22.7 Å². The fraction of sp³-hybridized carbons (Fsp3) is 0.312. The molecule has 0 radical (unpaired) electrons. The largest absolute Gasteiger partial charge is 0.462 e. The van der Waals surface area contributed by atoms with Gasteiger partial charge in [-0.25, -0.2) is 14.8 Å². The third kappa shape index (κ3) is 3.25. The molecule has 0 aromatic carbocycles. The molecular weight excluding hydrogens is 376 g/mol. The molecule has 10 heteroatoms. The summed E-state index contributed by atoms with van der Waals surface area (Å²) in [6.45, 7) is 7.05. The van der Waals surface area contributed by atoms with Gasteiger partial charge in [0.25, 0.3) is 11.5 Å². The smallest absolute Gasteiger partial charge is 0.350 e. The van der Waals surface area contributed by atoms with Gasteiger partial charge in [0.2, 0.25) is 0 Å². The van der Waals surface area contributed by atoms with Gasteiger partial charge in [0.1, 0.15) is 15.5 Å². The zero-order valence-electron chi connectivity index (χ0n) is 14.6. The van der Waals surface area contributed by atoms with Crippen LogP contribution in [-0.2, 0) is 4.74 Å². The Morgan fingerprint density at radius 3 is 2.58 bits per heavy atom. The molecule has 26 heavy (non-hydrogen) atoms. The topological polar surface area (TPSA) is 114 Å². The van der Waals surface area contributed by atoms with Crippen LogP contribution in [0, 0.1) is 20.8 Å². The van der Waals surface area contributed by atoms with Crippen molar-refractivity contribution in [3.8, 4) is 0 Å². The zero-order valence-corrected chi connectivity index (χ0v) is 16.2. The molecule has 3 rings (SSSR count). The van der Waals surface area contributed by atoms with Crippen LogP contribution in [0.5, 0.6) is 0 Å². The van der Waals surface area contributed by atoms with Gasteiger partial charge in [-0.15, -0.1) is 11.3 Å². The lowest BCUT2D eigenvalue weighted by Crippen LogP contribution is -2.12. The van der Waals surface area contributed by atoms with E-state index in [1.165, 1.54) is 0 Å². The molecule has 3 heterocycles. The summed E-state index contributed by atoms with van der Waals surface area (Å²) in [5.41, 5.74) is 0.788. The van der Waals surface area contributed by atoms with Crippen LogP contribution in [0.15, 0.2) is 4.79 Å². The first-order chi connectivity index (χ1) is 12.3. The predicted octanol–water partition coefficient (Wildman–Crippen LogP) is 2.80. The van der Waals surface area contributed by atoms with Gasteiger partial charge in [-0.3, -0.25) is 14.9 Å². The first-order valence-corrected chi connectivity index (χ1v) is 9.41. The van der Waals surface area contributed by atoms with E-state index < -0.39 is 11.9 Å². The maximum absolute atomic E-state index is 12.6. The second-order valence-corrected chi connectivity index (χ2v) is 7.49. The van der Waals surface area contributed by atoms with E-state index in [9.17, 15) is 14.4 Å². The lowest BCUT2D eigenvalue weighted by molar-refractivity contribution is 0.0531. The molecule has 0 saturated heterocycles. The second kappa shape index (κ2) is 6.96. The van der Waals surface area contributed by atoms with Crippen molar-refractivity contribution in [2.45, 2.75) is 27.7 Å². The molecule has 2 N–H and O–H groups in total. The Labute approximate surface area is 156 Å². The molecule has 3 aromatic rings. The molecule has 3 aromatic heterocycles. The minimum atomic E-state index is -0.466. The molecule has 136 valence electrons. The highest BCUT2D eigenvalue weighted by molar-refractivity contribution is 7.21. The number of anilines is 1. The number of nitrogens with zero attached hydrogens (tertiary/aromatic N) is 2. The summed E-state index contributed by atoms with van der Waals surface area (Å²) in [6.07, 6.45) is 0. The van der Waals surface area contributed by atoms with Gasteiger partial charge in [0.15, 0.2) is 5.13 Å². The van der Waals surface area contributed by atoms with Crippen LogP contribution in [0.4, 0.5) is 5.13 Å². The molecule has 0 aliphatic rings. The zero-order chi connectivity index (χ0) is 19.0. The highest BCUT2D eigenvalue weighted by Crippen LogP contribution is 2.29. The number of aromatic amines is 1. The number of rotatable bonds is 4. The number of ether oxygens (including phenoxy) is 1. The number of hydrogen-bond acceptors (Lipinski definition) is 8. The van der Waals surface area contributed by atoms with Crippen molar-refractivity contribution in [1.82, 2.24) is 15.0 Å². The van der Waals surface area contributed by atoms with Crippen molar-refractivity contribution in [1.29, 1.82) is 0 Å². The molecular formula is C16H16N4O4S2. The van der Waals surface area contributed by atoms with E-state index in [2.05, 4.69) is 20.3 Å². The Morgan fingerprint density at radius 2 is 1.88 bits per heavy atom. The molecule has 0 fully saturated rings. The normalized spacial score (nSPS) is 10.9. The third-order valence-electron chi connectivity index (χ3n) is 3.60. The molecule has 8 nitrogen and oxygen atoms in total. The predicted molar refractivity (Wildman–Crippen MR) is 100 cm³/mol. The maximum atomic E-state index is 12.6. The Hall–Kier alpha value is -2.59. The Bertz CT molecular complexity index is 1080. The van der Waals surface area contributed by atoms with E-state index in [4.69, 9.17) is 4.74 Å². The number of hydrogen-bond donors (Lipinski definition) is 2. The van der Waals surface area contributed by atoms with Gasteiger partial charge < -0.3 is 9.72 Å². The monoisotopic (exact) mass is 392 g/mol. The number of nitrogens with one attached hydrogen (secondary N) is 2. The number of carbonyl (C=O) groups is 2. The highest BCUT2D eigenvalue weighted by Gasteiger charge is 2.22. The molecule has 0 saturated carbocycles. The summed E-state index contributed by atoms with van der Waals surface area (Å²) in [5.74, 6) is -0.371. The standard InChI is InChI=1S/C16H16N4O4S2/c1-5-24-15(23)11-7(3)17-16(26-11)20-13(22)10-6(2)9-12(21)18-8(4)19-14(9)25-10/h5H2,1-4H3,(H,17,20,22)(H,18,19,21). The second-order valence-electron chi connectivity index (χ2n) is 5.50. The van der Waals surface area contributed by atoms with Gasteiger partial charge in [-0.05, 0) is 33.3 Å². The summed E-state index contributed by atoms with van der Waals surface area (Å²) >= 11 is 2.20. The fourth-order valence-corrected chi connectivity index (χ4v) is 4.44. The van der Waals surface area contributed by atoms with Gasteiger partial charge >= 0.3 is 5.97 Å². The molecule has 0 aliphatic heterocycles. The van der Waals surface area contributed by atoms with Crippen molar-refractivity contribution in [3.63, 3.8) is 0 Å². The first-order valence-electron chi connectivity index (χ1n) is 7.77. The number of carbonyl (C=O) groups excluding carboxylic acids is 2.